The summed E-state index contributed by atoms with van der Waals surface area (Å²) in [5, 5.41) is 3.09. The first-order chi connectivity index (χ1) is 8.36. The Labute approximate surface area is 112 Å². The average Bonchev–Trinajstić information content (AvgIpc) is 2.72. The molecule has 0 saturated heterocycles. The van der Waals surface area contributed by atoms with Gasteiger partial charge in [-0.05, 0) is 36.5 Å². The van der Waals surface area contributed by atoms with Gasteiger partial charge in [0.1, 0.15) is 0 Å². The van der Waals surface area contributed by atoms with Crippen LogP contribution >= 0.6 is 0 Å². The summed E-state index contributed by atoms with van der Waals surface area (Å²) in [5.74, 6) is 0.911. The van der Waals surface area contributed by atoms with E-state index >= 15 is 0 Å². The van der Waals surface area contributed by atoms with Crippen molar-refractivity contribution in [1.82, 2.24) is 5.32 Å². The molecule has 1 aliphatic carbocycles. The number of hydrogen-bond donors (Lipinski definition) is 2. The van der Waals surface area contributed by atoms with Crippen LogP contribution in [-0.4, -0.2) is 18.5 Å². The lowest BCUT2D eigenvalue weighted by Gasteiger charge is -2.32. The first-order valence-corrected chi connectivity index (χ1v) is 7.39. The summed E-state index contributed by atoms with van der Waals surface area (Å²) >= 11 is 0. The van der Waals surface area contributed by atoms with Crippen LogP contribution in [0.4, 0.5) is 0 Å². The second kappa shape index (κ2) is 6.55. The summed E-state index contributed by atoms with van der Waals surface area (Å²) in [4.78, 5) is 11.9. The molecule has 106 valence electrons. The van der Waals surface area contributed by atoms with E-state index in [1.807, 2.05) is 13.8 Å². The number of nitrogens with one attached hydrogen (secondary N) is 1. The fourth-order valence-electron chi connectivity index (χ4n) is 3.14. The average molecular weight is 254 g/mol. The fourth-order valence-corrected chi connectivity index (χ4v) is 3.14. The van der Waals surface area contributed by atoms with Crippen LogP contribution in [0.5, 0.6) is 0 Å². The van der Waals surface area contributed by atoms with Gasteiger partial charge >= 0.3 is 0 Å². The van der Waals surface area contributed by atoms with Gasteiger partial charge in [-0.2, -0.15) is 0 Å². The Morgan fingerprint density at radius 1 is 1.22 bits per heavy atom. The molecular formula is C15H30N2O. The molecule has 0 aromatic rings. The van der Waals surface area contributed by atoms with Crippen molar-refractivity contribution in [2.75, 3.05) is 6.54 Å². The van der Waals surface area contributed by atoms with E-state index in [1.165, 1.54) is 32.1 Å². The number of nitrogens with two attached hydrogens (primary N) is 1. The van der Waals surface area contributed by atoms with Crippen LogP contribution < -0.4 is 11.1 Å². The number of amides is 1. The predicted molar refractivity (Wildman–Crippen MR) is 76.2 cm³/mol. The maximum Gasteiger partial charge on any atom is 0.237 e. The zero-order valence-electron chi connectivity index (χ0n) is 12.5. The molecule has 18 heavy (non-hydrogen) atoms. The summed E-state index contributed by atoms with van der Waals surface area (Å²) in [6.45, 7) is 9.32. The molecule has 1 rings (SSSR count). The Hall–Kier alpha value is -0.570. The fraction of sp³-hybridized carbons (Fsp3) is 0.933. The van der Waals surface area contributed by atoms with Gasteiger partial charge in [0.25, 0.3) is 0 Å². The molecule has 1 saturated carbocycles. The number of hydrogen-bond acceptors (Lipinski definition) is 2. The van der Waals surface area contributed by atoms with E-state index in [9.17, 15) is 4.79 Å². The monoisotopic (exact) mass is 254 g/mol. The summed E-state index contributed by atoms with van der Waals surface area (Å²) in [5.41, 5.74) is 6.21. The third-order valence-corrected chi connectivity index (χ3v) is 4.16. The molecule has 0 aliphatic heterocycles. The summed E-state index contributed by atoms with van der Waals surface area (Å²) in [6, 6.07) is -0.373. The van der Waals surface area contributed by atoms with Crippen molar-refractivity contribution < 1.29 is 4.79 Å². The molecule has 0 radical (unpaired) electrons. The van der Waals surface area contributed by atoms with Gasteiger partial charge in [0.2, 0.25) is 5.91 Å². The second-order valence-corrected chi connectivity index (χ2v) is 6.79. The van der Waals surface area contributed by atoms with Gasteiger partial charge in [-0.25, -0.2) is 0 Å². The van der Waals surface area contributed by atoms with Crippen LogP contribution in [0, 0.1) is 17.3 Å². The molecule has 1 unspecified atom stereocenters. The quantitative estimate of drug-likeness (QED) is 0.765. The minimum absolute atomic E-state index is 0.0139. The SMILES string of the molecule is CC(C)CC1(CNC(=O)C(N)C(C)C)CCCC1. The van der Waals surface area contributed by atoms with Gasteiger partial charge in [0.05, 0.1) is 6.04 Å². The molecule has 1 fully saturated rings. The summed E-state index contributed by atoms with van der Waals surface area (Å²) in [6.07, 6.45) is 6.33. The lowest BCUT2D eigenvalue weighted by Crippen LogP contribution is -2.47. The van der Waals surface area contributed by atoms with E-state index in [0.29, 0.717) is 11.3 Å². The molecule has 0 aromatic carbocycles. The van der Waals surface area contributed by atoms with E-state index in [1.54, 1.807) is 0 Å². The van der Waals surface area contributed by atoms with E-state index in [4.69, 9.17) is 5.73 Å². The molecule has 3 nitrogen and oxygen atoms in total. The van der Waals surface area contributed by atoms with Gasteiger partial charge in [0.15, 0.2) is 0 Å². The Morgan fingerprint density at radius 2 is 1.78 bits per heavy atom. The maximum absolute atomic E-state index is 11.9. The van der Waals surface area contributed by atoms with E-state index in [2.05, 4.69) is 19.2 Å². The summed E-state index contributed by atoms with van der Waals surface area (Å²) in [7, 11) is 0. The highest BCUT2D eigenvalue weighted by Gasteiger charge is 2.35. The molecule has 0 aromatic heterocycles. The van der Waals surface area contributed by atoms with E-state index in [-0.39, 0.29) is 17.9 Å². The first-order valence-electron chi connectivity index (χ1n) is 7.39. The minimum Gasteiger partial charge on any atom is -0.354 e. The molecule has 0 bridgehead atoms. The highest BCUT2D eigenvalue weighted by Crippen LogP contribution is 2.42. The molecule has 1 atom stereocenters. The van der Waals surface area contributed by atoms with Crippen molar-refractivity contribution in [3.8, 4) is 0 Å². The molecule has 1 aliphatic rings. The Morgan fingerprint density at radius 3 is 2.22 bits per heavy atom. The van der Waals surface area contributed by atoms with E-state index in [0.717, 1.165) is 6.54 Å². The predicted octanol–water partition coefficient (Wildman–Crippen LogP) is 2.69. The van der Waals surface area contributed by atoms with Crippen LogP contribution in [0.15, 0.2) is 0 Å². The minimum atomic E-state index is -0.373. The van der Waals surface area contributed by atoms with Gasteiger partial charge in [-0.15, -0.1) is 0 Å². The summed E-state index contributed by atoms with van der Waals surface area (Å²) < 4.78 is 0. The maximum atomic E-state index is 11.9. The van der Waals surface area contributed by atoms with Crippen LogP contribution in [0.25, 0.3) is 0 Å². The lowest BCUT2D eigenvalue weighted by atomic mass is 9.78. The molecule has 3 N–H and O–H groups in total. The van der Waals surface area contributed by atoms with Crippen molar-refractivity contribution in [3.05, 3.63) is 0 Å². The topological polar surface area (TPSA) is 55.1 Å². The highest BCUT2D eigenvalue weighted by molar-refractivity contribution is 5.81. The highest BCUT2D eigenvalue weighted by atomic mass is 16.2. The van der Waals surface area contributed by atoms with Gasteiger partial charge < -0.3 is 11.1 Å². The smallest absolute Gasteiger partial charge is 0.237 e. The van der Waals surface area contributed by atoms with Crippen LogP contribution in [0.3, 0.4) is 0 Å². The molecule has 1 amide bonds. The molecule has 3 heteroatoms. The van der Waals surface area contributed by atoms with Crippen molar-refractivity contribution >= 4 is 5.91 Å². The van der Waals surface area contributed by atoms with Gasteiger partial charge in [-0.3, -0.25) is 4.79 Å². The molecular weight excluding hydrogens is 224 g/mol. The van der Waals surface area contributed by atoms with Crippen molar-refractivity contribution in [2.45, 2.75) is 65.8 Å². The zero-order chi connectivity index (χ0) is 13.8. The molecule has 0 heterocycles. The number of carbonyl (C=O) groups is 1. The second-order valence-electron chi connectivity index (χ2n) is 6.79. The Kier molecular flexibility index (Phi) is 5.64. The largest absolute Gasteiger partial charge is 0.354 e. The Balaban J connectivity index is 2.50. The Bertz CT molecular complexity index is 268. The zero-order valence-corrected chi connectivity index (χ0v) is 12.5. The van der Waals surface area contributed by atoms with Gasteiger partial charge in [-0.1, -0.05) is 40.5 Å². The normalized spacial score (nSPS) is 20.4. The molecule has 0 spiro atoms. The number of rotatable bonds is 6. The van der Waals surface area contributed by atoms with Gasteiger partial charge in [0, 0.05) is 6.54 Å². The van der Waals surface area contributed by atoms with Crippen molar-refractivity contribution in [2.24, 2.45) is 23.0 Å². The van der Waals surface area contributed by atoms with Crippen molar-refractivity contribution in [3.63, 3.8) is 0 Å². The van der Waals surface area contributed by atoms with E-state index < -0.39 is 0 Å². The van der Waals surface area contributed by atoms with Crippen molar-refractivity contribution in [1.29, 1.82) is 0 Å². The standard InChI is InChI=1S/C15H30N2O/c1-11(2)9-15(7-5-6-8-15)10-17-14(18)13(16)12(3)4/h11-13H,5-10,16H2,1-4H3,(H,17,18). The van der Waals surface area contributed by atoms with Crippen LogP contribution in [0.1, 0.15) is 59.8 Å². The first kappa shape index (κ1) is 15.5. The van der Waals surface area contributed by atoms with Crippen LogP contribution in [0.2, 0.25) is 0 Å². The third-order valence-electron chi connectivity index (χ3n) is 4.16. The number of carbonyl (C=O) groups excluding carboxylic acids is 1. The third kappa shape index (κ3) is 4.27. The lowest BCUT2D eigenvalue weighted by molar-refractivity contribution is -0.123. The van der Waals surface area contributed by atoms with Crippen LogP contribution in [-0.2, 0) is 4.79 Å².